The van der Waals surface area contributed by atoms with E-state index in [1.54, 1.807) is 29.6 Å². The predicted molar refractivity (Wildman–Crippen MR) is 82.4 cm³/mol. The Hall–Kier alpha value is -1.84. The van der Waals surface area contributed by atoms with Gasteiger partial charge in [0.1, 0.15) is 11.0 Å². The van der Waals surface area contributed by atoms with E-state index in [0.717, 1.165) is 0 Å². The van der Waals surface area contributed by atoms with Crippen molar-refractivity contribution in [3.05, 3.63) is 36.3 Å². The third kappa shape index (κ3) is 2.62. The van der Waals surface area contributed by atoms with Crippen molar-refractivity contribution in [3.63, 3.8) is 0 Å². The average Bonchev–Trinajstić information content (AvgIpc) is 3.21. The first-order valence-corrected chi connectivity index (χ1v) is 9.37. The van der Waals surface area contributed by atoms with Crippen molar-refractivity contribution in [1.29, 1.82) is 0 Å². The van der Waals surface area contributed by atoms with Crippen LogP contribution in [0.15, 0.2) is 33.8 Å². The lowest BCUT2D eigenvalue weighted by Gasteiger charge is -2.34. The Labute approximate surface area is 139 Å². The molecular weight excluding hydrogens is 332 g/mol. The summed E-state index contributed by atoms with van der Waals surface area (Å²) < 4.78 is 38.7. The van der Waals surface area contributed by atoms with E-state index in [9.17, 15) is 8.42 Å². The molecule has 2 aromatic heterocycles. The van der Waals surface area contributed by atoms with Gasteiger partial charge in [-0.05, 0) is 31.4 Å². The van der Waals surface area contributed by atoms with Gasteiger partial charge in [-0.25, -0.2) is 8.42 Å². The molecule has 2 saturated heterocycles. The molecule has 0 saturated carbocycles. The van der Waals surface area contributed by atoms with Crippen LogP contribution in [0, 0.1) is 6.92 Å². The van der Waals surface area contributed by atoms with Gasteiger partial charge in [0.05, 0.1) is 12.1 Å². The van der Waals surface area contributed by atoms with Crippen molar-refractivity contribution in [1.82, 2.24) is 19.5 Å². The second-order valence-electron chi connectivity index (χ2n) is 6.06. The minimum atomic E-state index is -3.55. The molecule has 0 aromatic carbocycles. The summed E-state index contributed by atoms with van der Waals surface area (Å²) in [5, 5.41) is 7.85. The maximum absolute atomic E-state index is 12.8. The van der Waals surface area contributed by atoms with E-state index in [2.05, 4.69) is 15.2 Å². The van der Waals surface area contributed by atoms with E-state index in [1.165, 1.54) is 6.20 Å². The van der Waals surface area contributed by atoms with Crippen LogP contribution in [0.3, 0.4) is 0 Å². The predicted octanol–water partition coefficient (Wildman–Crippen LogP) is 1.46. The van der Waals surface area contributed by atoms with Gasteiger partial charge in [0.2, 0.25) is 21.8 Å². The van der Waals surface area contributed by atoms with Crippen LogP contribution in [0.4, 0.5) is 0 Å². The summed E-state index contributed by atoms with van der Waals surface area (Å²) in [6.07, 6.45) is 4.56. The van der Waals surface area contributed by atoms with Crippen LogP contribution in [-0.2, 0) is 14.8 Å². The second kappa shape index (κ2) is 5.91. The van der Waals surface area contributed by atoms with Crippen LogP contribution in [0.1, 0.15) is 37.1 Å². The Morgan fingerprint density at radius 2 is 2.12 bits per heavy atom. The molecule has 0 bridgehead atoms. The lowest BCUT2D eigenvalue weighted by molar-refractivity contribution is -0.0738. The summed E-state index contributed by atoms with van der Waals surface area (Å²) in [7, 11) is -3.55. The molecule has 3 atom stereocenters. The van der Waals surface area contributed by atoms with E-state index >= 15 is 0 Å². The fourth-order valence-corrected chi connectivity index (χ4v) is 5.10. The van der Waals surface area contributed by atoms with Gasteiger partial charge < -0.3 is 9.15 Å². The maximum Gasteiger partial charge on any atom is 0.245 e. The van der Waals surface area contributed by atoms with Gasteiger partial charge in [-0.3, -0.25) is 4.98 Å². The Morgan fingerprint density at radius 3 is 2.83 bits per heavy atom. The second-order valence-corrected chi connectivity index (χ2v) is 7.95. The Morgan fingerprint density at radius 1 is 1.25 bits per heavy atom. The highest BCUT2D eigenvalue weighted by molar-refractivity contribution is 7.89. The van der Waals surface area contributed by atoms with E-state index in [1.807, 2.05) is 0 Å². The van der Waals surface area contributed by atoms with Crippen molar-refractivity contribution < 1.29 is 17.6 Å². The Balaban J connectivity index is 1.53. The van der Waals surface area contributed by atoms with Crippen molar-refractivity contribution in [2.75, 3.05) is 6.54 Å². The highest BCUT2D eigenvalue weighted by atomic mass is 32.2. The summed E-state index contributed by atoms with van der Waals surface area (Å²) in [4.78, 5) is 4.14. The number of aryl methyl sites for hydroxylation is 1. The summed E-state index contributed by atoms with van der Waals surface area (Å²) in [5.74, 6) is 0.974. The summed E-state index contributed by atoms with van der Waals surface area (Å²) in [6, 6.07) is 3.05. The Bertz CT molecular complexity index is 823. The Kier molecular flexibility index (Phi) is 3.86. The van der Waals surface area contributed by atoms with Crippen molar-refractivity contribution in [2.24, 2.45) is 0 Å². The zero-order chi connectivity index (χ0) is 16.7. The van der Waals surface area contributed by atoms with Gasteiger partial charge >= 0.3 is 0 Å². The van der Waals surface area contributed by atoms with Crippen LogP contribution in [0.25, 0.3) is 0 Å². The van der Waals surface area contributed by atoms with Gasteiger partial charge in [-0.2, -0.15) is 4.31 Å². The lowest BCUT2D eigenvalue weighted by atomic mass is 10.00. The van der Waals surface area contributed by atoms with Crippen LogP contribution in [0.2, 0.25) is 0 Å². The molecule has 24 heavy (non-hydrogen) atoms. The van der Waals surface area contributed by atoms with E-state index in [0.29, 0.717) is 37.6 Å². The van der Waals surface area contributed by atoms with E-state index in [4.69, 9.17) is 9.15 Å². The van der Waals surface area contributed by atoms with E-state index in [-0.39, 0.29) is 23.1 Å². The number of rotatable bonds is 3. The molecule has 128 valence electrons. The molecule has 2 aromatic rings. The molecule has 8 nitrogen and oxygen atoms in total. The van der Waals surface area contributed by atoms with Crippen LogP contribution in [-0.4, -0.2) is 46.6 Å². The number of hydrogen-bond acceptors (Lipinski definition) is 7. The average molecular weight is 350 g/mol. The SMILES string of the molecule is Cc1nnc([C@@H]2CC[C@@H]3[C@@H](CCN3S(=O)(=O)c3cccnc3)O2)o1. The standard InChI is InChI=1S/C15H18N4O4S/c1-10-17-18-15(22-10)14-5-4-12-13(23-14)6-8-19(12)24(20,21)11-3-2-7-16-9-11/h2-3,7,9,12-14H,4-6,8H2,1H3/t12-,13-,14+/m1/s1. The molecule has 0 radical (unpaired) electrons. The van der Waals surface area contributed by atoms with Crippen LogP contribution >= 0.6 is 0 Å². The third-order valence-corrected chi connectivity index (χ3v) is 6.46. The molecule has 4 rings (SSSR count). The normalized spacial score (nSPS) is 28.0. The van der Waals surface area contributed by atoms with Gasteiger partial charge in [0, 0.05) is 25.9 Å². The molecule has 4 heterocycles. The molecule has 0 spiro atoms. The minimum absolute atomic E-state index is 0.151. The molecular formula is C15H18N4O4S. The zero-order valence-corrected chi connectivity index (χ0v) is 14.0. The fraction of sp³-hybridized carbons (Fsp3) is 0.533. The molecule has 0 aliphatic carbocycles. The number of sulfonamides is 1. The lowest BCUT2D eigenvalue weighted by Crippen LogP contribution is -2.43. The largest absolute Gasteiger partial charge is 0.423 e. The minimum Gasteiger partial charge on any atom is -0.423 e. The molecule has 2 fully saturated rings. The summed E-state index contributed by atoms with van der Waals surface area (Å²) in [6.45, 7) is 2.18. The van der Waals surface area contributed by atoms with Crippen LogP contribution < -0.4 is 0 Å². The molecule has 9 heteroatoms. The smallest absolute Gasteiger partial charge is 0.245 e. The van der Waals surface area contributed by atoms with E-state index < -0.39 is 10.0 Å². The number of hydrogen-bond donors (Lipinski definition) is 0. The van der Waals surface area contributed by atoms with Crippen LogP contribution in [0.5, 0.6) is 0 Å². The van der Waals surface area contributed by atoms with Gasteiger partial charge in [-0.15, -0.1) is 10.2 Å². The molecule has 0 N–H and O–H groups in total. The number of ether oxygens (including phenoxy) is 1. The first kappa shape index (κ1) is 15.7. The summed E-state index contributed by atoms with van der Waals surface area (Å²) >= 11 is 0. The highest BCUT2D eigenvalue weighted by Gasteiger charge is 2.46. The molecule has 2 aliphatic heterocycles. The zero-order valence-electron chi connectivity index (χ0n) is 13.2. The first-order chi connectivity index (χ1) is 11.6. The first-order valence-electron chi connectivity index (χ1n) is 7.93. The number of pyridine rings is 1. The third-order valence-electron chi connectivity index (χ3n) is 4.55. The molecule has 0 unspecified atom stereocenters. The van der Waals surface area contributed by atoms with Crippen molar-refractivity contribution in [2.45, 2.75) is 49.3 Å². The van der Waals surface area contributed by atoms with Crippen molar-refractivity contribution >= 4 is 10.0 Å². The monoisotopic (exact) mass is 350 g/mol. The van der Waals surface area contributed by atoms with Gasteiger partial charge in [0.25, 0.3) is 0 Å². The topological polar surface area (TPSA) is 98.4 Å². The fourth-order valence-electron chi connectivity index (χ4n) is 3.45. The summed E-state index contributed by atoms with van der Waals surface area (Å²) in [5.41, 5.74) is 0. The van der Waals surface area contributed by atoms with Crippen molar-refractivity contribution in [3.8, 4) is 0 Å². The highest BCUT2D eigenvalue weighted by Crippen LogP contribution is 2.39. The quantitative estimate of drug-likeness (QED) is 0.826. The number of nitrogens with zero attached hydrogens (tertiary/aromatic N) is 4. The van der Waals surface area contributed by atoms with Gasteiger partial charge in [-0.1, -0.05) is 0 Å². The molecule has 0 amide bonds. The molecule has 2 aliphatic rings. The maximum atomic E-state index is 12.8. The number of aromatic nitrogens is 3. The van der Waals surface area contributed by atoms with Gasteiger partial charge in [0.15, 0.2) is 0 Å². The number of fused-ring (bicyclic) bond motifs is 1.